The largest absolute Gasteiger partial charge is 0.497 e. The van der Waals surface area contributed by atoms with Gasteiger partial charge in [0.2, 0.25) is 0 Å². The molecule has 0 amide bonds. The molecule has 2 aromatic rings. The predicted molar refractivity (Wildman–Crippen MR) is 96.5 cm³/mol. The fourth-order valence-corrected chi connectivity index (χ4v) is 2.83. The van der Waals surface area contributed by atoms with Crippen molar-refractivity contribution in [1.29, 1.82) is 0 Å². The monoisotopic (exact) mass is 327 g/mol. The molecule has 0 spiro atoms. The summed E-state index contributed by atoms with van der Waals surface area (Å²) in [6.07, 6.45) is 1.88. The number of hydrogen-bond acceptors (Lipinski definition) is 5. The number of H-pyrrole nitrogens is 1. The van der Waals surface area contributed by atoms with Gasteiger partial charge in [-0.15, -0.1) is 0 Å². The van der Waals surface area contributed by atoms with Gasteiger partial charge in [-0.25, -0.2) is 0 Å². The average molecular weight is 327 g/mol. The second-order valence-electron chi connectivity index (χ2n) is 6.96. The fourth-order valence-electron chi connectivity index (χ4n) is 2.83. The summed E-state index contributed by atoms with van der Waals surface area (Å²) in [4.78, 5) is 4.70. The molecule has 1 aromatic carbocycles. The summed E-state index contributed by atoms with van der Waals surface area (Å²) in [6.45, 7) is 8.06. The second kappa shape index (κ2) is 6.65. The molecule has 24 heavy (non-hydrogen) atoms. The summed E-state index contributed by atoms with van der Waals surface area (Å²) >= 11 is 0. The van der Waals surface area contributed by atoms with Crippen molar-refractivity contribution in [2.24, 2.45) is 4.99 Å². The zero-order valence-corrected chi connectivity index (χ0v) is 14.7. The van der Waals surface area contributed by atoms with Crippen molar-refractivity contribution in [3.05, 3.63) is 36.0 Å². The van der Waals surface area contributed by atoms with Gasteiger partial charge in [-0.2, -0.15) is 5.10 Å². The van der Waals surface area contributed by atoms with Gasteiger partial charge in [-0.1, -0.05) is 0 Å². The lowest BCUT2D eigenvalue weighted by molar-refractivity contribution is 0.415. The van der Waals surface area contributed by atoms with Gasteiger partial charge in [0.1, 0.15) is 11.6 Å². The summed E-state index contributed by atoms with van der Waals surface area (Å²) in [6, 6.07) is 7.99. The highest BCUT2D eigenvalue weighted by molar-refractivity contribution is 5.91. The van der Waals surface area contributed by atoms with E-state index in [0.717, 1.165) is 41.5 Å². The van der Waals surface area contributed by atoms with Gasteiger partial charge >= 0.3 is 0 Å². The Morgan fingerprint density at radius 1 is 1.21 bits per heavy atom. The van der Waals surface area contributed by atoms with Crippen LogP contribution in [0.15, 0.2) is 35.5 Å². The zero-order valence-electron chi connectivity index (χ0n) is 14.7. The molecule has 6 heteroatoms. The molecule has 6 nitrogen and oxygen atoms in total. The Balaban J connectivity index is 1.93. The van der Waals surface area contributed by atoms with Crippen LogP contribution in [0.1, 0.15) is 32.4 Å². The SMILES string of the molecule is COc1ccc(-c2[nH]ncc2C2NCCN=C2NC(C)(C)C)cc1. The standard InChI is InChI=1S/C18H25N5O/c1-18(2,3)22-17-16(19-9-10-20-17)14-11-21-23-15(14)12-5-7-13(24-4)8-6-12/h5-8,11,16,19H,9-10H2,1-4H3,(H,20,22)(H,21,23). The number of benzene rings is 1. The number of aliphatic imine (C=N–C) groups is 1. The maximum atomic E-state index is 5.24. The molecule has 128 valence electrons. The first-order chi connectivity index (χ1) is 11.5. The Bertz CT molecular complexity index is 712. The van der Waals surface area contributed by atoms with E-state index >= 15 is 0 Å². The van der Waals surface area contributed by atoms with Crippen molar-refractivity contribution in [3.8, 4) is 17.0 Å². The Hall–Kier alpha value is -2.34. The number of methoxy groups -OCH3 is 1. The molecule has 0 saturated carbocycles. The van der Waals surface area contributed by atoms with Crippen LogP contribution in [0.4, 0.5) is 0 Å². The minimum absolute atomic E-state index is 0.00817. The summed E-state index contributed by atoms with van der Waals surface area (Å²) in [7, 11) is 1.67. The Labute approximate surface area is 142 Å². The molecule has 2 heterocycles. The van der Waals surface area contributed by atoms with E-state index in [2.05, 4.69) is 41.6 Å². The third-order valence-corrected chi connectivity index (χ3v) is 3.88. The predicted octanol–water partition coefficient (Wildman–Crippen LogP) is 2.52. The van der Waals surface area contributed by atoms with Crippen molar-refractivity contribution in [1.82, 2.24) is 20.8 Å². The average Bonchev–Trinajstić information content (AvgIpc) is 3.03. The van der Waals surface area contributed by atoms with E-state index < -0.39 is 0 Å². The zero-order chi connectivity index (χ0) is 17.2. The van der Waals surface area contributed by atoms with Gasteiger partial charge in [0.05, 0.1) is 31.6 Å². The molecule has 0 radical (unpaired) electrons. The Morgan fingerprint density at radius 2 is 1.96 bits per heavy atom. The van der Waals surface area contributed by atoms with E-state index in [0.29, 0.717) is 0 Å². The van der Waals surface area contributed by atoms with Crippen molar-refractivity contribution < 1.29 is 4.74 Å². The molecular formula is C18H25N5O. The van der Waals surface area contributed by atoms with Crippen LogP contribution in [0, 0.1) is 0 Å². The minimum atomic E-state index is -0.0416. The first-order valence-corrected chi connectivity index (χ1v) is 8.21. The summed E-state index contributed by atoms with van der Waals surface area (Å²) < 4.78 is 5.24. The number of nitrogens with zero attached hydrogens (tertiary/aromatic N) is 2. The highest BCUT2D eigenvalue weighted by atomic mass is 16.5. The molecule has 1 aliphatic heterocycles. The quantitative estimate of drug-likeness (QED) is 0.810. The molecule has 1 aliphatic rings. The summed E-state index contributed by atoms with van der Waals surface area (Å²) in [5.41, 5.74) is 3.13. The number of aromatic nitrogens is 2. The Morgan fingerprint density at radius 3 is 2.62 bits per heavy atom. The molecular weight excluding hydrogens is 302 g/mol. The molecule has 1 unspecified atom stereocenters. The van der Waals surface area contributed by atoms with Crippen molar-refractivity contribution in [2.45, 2.75) is 32.4 Å². The van der Waals surface area contributed by atoms with E-state index in [1.54, 1.807) is 7.11 Å². The van der Waals surface area contributed by atoms with Crippen molar-refractivity contribution in [3.63, 3.8) is 0 Å². The van der Waals surface area contributed by atoms with Gasteiger partial charge in [0, 0.05) is 23.2 Å². The third-order valence-electron chi connectivity index (χ3n) is 3.88. The van der Waals surface area contributed by atoms with Gasteiger partial charge in [-0.3, -0.25) is 10.1 Å². The van der Waals surface area contributed by atoms with Gasteiger partial charge < -0.3 is 15.4 Å². The van der Waals surface area contributed by atoms with E-state index in [1.165, 1.54) is 0 Å². The van der Waals surface area contributed by atoms with E-state index in [-0.39, 0.29) is 11.6 Å². The number of hydrogen-bond donors (Lipinski definition) is 3. The highest BCUT2D eigenvalue weighted by Crippen LogP contribution is 2.29. The van der Waals surface area contributed by atoms with Crippen LogP contribution < -0.4 is 15.4 Å². The molecule has 0 aliphatic carbocycles. The molecule has 0 fully saturated rings. The number of aromatic amines is 1. The number of amidine groups is 1. The molecule has 1 aromatic heterocycles. The summed E-state index contributed by atoms with van der Waals surface area (Å²) in [5, 5.41) is 14.5. The van der Waals surface area contributed by atoms with Crippen LogP contribution in [0.5, 0.6) is 5.75 Å². The molecule has 0 bridgehead atoms. The first-order valence-electron chi connectivity index (χ1n) is 8.21. The van der Waals surface area contributed by atoms with Gasteiger partial charge in [0.25, 0.3) is 0 Å². The van der Waals surface area contributed by atoms with Gasteiger partial charge in [0.15, 0.2) is 0 Å². The molecule has 0 saturated heterocycles. The van der Waals surface area contributed by atoms with Crippen LogP contribution >= 0.6 is 0 Å². The topological polar surface area (TPSA) is 74.3 Å². The smallest absolute Gasteiger partial charge is 0.119 e. The lowest BCUT2D eigenvalue weighted by Crippen LogP contribution is -2.49. The van der Waals surface area contributed by atoms with E-state index in [4.69, 9.17) is 9.73 Å². The van der Waals surface area contributed by atoms with Crippen molar-refractivity contribution >= 4 is 5.84 Å². The first kappa shape index (κ1) is 16.5. The van der Waals surface area contributed by atoms with E-state index in [1.807, 2.05) is 30.5 Å². The van der Waals surface area contributed by atoms with Crippen LogP contribution in [-0.4, -0.2) is 41.8 Å². The highest BCUT2D eigenvalue weighted by Gasteiger charge is 2.27. The molecule has 3 rings (SSSR count). The van der Waals surface area contributed by atoms with E-state index in [9.17, 15) is 0 Å². The number of ether oxygens (including phenoxy) is 1. The minimum Gasteiger partial charge on any atom is -0.497 e. The molecule has 3 N–H and O–H groups in total. The van der Waals surface area contributed by atoms with Crippen molar-refractivity contribution in [2.75, 3.05) is 20.2 Å². The fraction of sp³-hybridized carbons (Fsp3) is 0.444. The Kier molecular flexibility index (Phi) is 4.57. The third kappa shape index (κ3) is 3.59. The van der Waals surface area contributed by atoms with Crippen LogP contribution in [-0.2, 0) is 0 Å². The maximum Gasteiger partial charge on any atom is 0.119 e. The maximum absolute atomic E-state index is 5.24. The second-order valence-corrected chi connectivity index (χ2v) is 6.96. The lowest BCUT2D eigenvalue weighted by atomic mass is 9.99. The van der Waals surface area contributed by atoms with Crippen LogP contribution in [0.25, 0.3) is 11.3 Å². The number of rotatable bonds is 3. The normalized spacial score (nSPS) is 18.2. The van der Waals surface area contributed by atoms with Crippen LogP contribution in [0.2, 0.25) is 0 Å². The number of nitrogens with one attached hydrogen (secondary N) is 3. The summed E-state index contributed by atoms with van der Waals surface area (Å²) in [5.74, 6) is 1.80. The molecule has 1 atom stereocenters. The lowest BCUT2D eigenvalue weighted by Gasteiger charge is -2.31. The van der Waals surface area contributed by atoms with Crippen LogP contribution in [0.3, 0.4) is 0 Å². The van der Waals surface area contributed by atoms with Gasteiger partial charge in [-0.05, 0) is 45.0 Å².